The number of aryl methyl sites for hydroxylation is 2. The predicted molar refractivity (Wildman–Crippen MR) is 162 cm³/mol. The molecule has 2 heterocycles. The number of nitrogen functional groups attached to an aromatic ring is 1. The number of sulfonamides is 1. The van der Waals surface area contributed by atoms with Gasteiger partial charge >= 0.3 is 15.5 Å². The van der Waals surface area contributed by atoms with Crippen LogP contribution >= 0.6 is 0 Å². The number of nitrogens with two attached hydrogens (primary N) is 1. The van der Waals surface area contributed by atoms with Crippen LogP contribution in [0.3, 0.4) is 0 Å². The Kier molecular flexibility index (Phi) is 9.75. The lowest BCUT2D eigenvalue weighted by Gasteiger charge is -2.34. The van der Waals surface area contributed by atoms with Crippen LogP contribution in [-0.4, -0.2) is 55.0 Å². The SMILES string of the molecule is Cc1cccc2c1CN(S(=O)(=O)C(F)(F)F)CC(CCc1ccccc1)N2Cc1cn(COCC[Si](C)(C)C)c(N)n1. The number of anilines is 2. The lowest BCUT2D eigenvalue weighted by molar-refractivity contribution is -0.0492. The zero-order valence-electron chi connectivity index (χ0n) is 24.6. The molecule has 0 saturated heterocycles. The van der Waals surface area contributed by atoms with Gasteiger partial charge in [-0.05, 0) is 48.6 Å². The van der Waals surface area contributed by atoms with Crippen LogP contribution in [0, 0.1) is 6.92 Å². The molecular weight excluding hydrogens is 583 g/mol. The van der Waals surface area contributed by atoms with Crippen molar-refractivity contribution in [2.45, 2.75) is 76.8 Å². The van der Waals surface area contributed by atoms with Gasteiger partial charge in [-0.25, -0.2) is 13.4 Å². The van der Waals surface area contributed by atoms with Gasteiger partial charge in [0.15, 0.2) is 0 Å². The number of ether oxygens (including phenoxy) is 1. The molecular formula is C29H40F3N5O3SSi. The molecule has 0 saturated carbocycles. The van der Waals surface area contributed by atoms with Crippen LogP contribution < -0.4 is 10.6 Å². The van der Waals surface area contributed by atoms with Gasteiger partial charge in [0.05, 0.1) is 12.2 Å². The van der Waals surface area contributed by atoms with Gasteiger partial charge in [0, 0.05) is 45.7 Å². The van der Waals surface area contributed by atoms with Gasteiger partial charge in [-0.1, -0.05) is 62.1 Å². The zero-order chi connectivity index (χ0) is 30.7. The lowest BCUT2D eigenvalue weighted by Crippen LogP contribution is -2.47. The smallest absolute Gasteiger partial charge is 0.369 e. The monoisotopic (exact) mass is 623 g/mol. The average molecular weight is 624 g/mol. The second-order valence-corrected chi connectivity index (χ2v) is 19.6. The van der Waals surface area contributed by atoms with Crippen LogP contribution in [0.4, 0.5) is 24.8 Å². The fourth-order valence-corrected chi connectivity index (χ4v) is 6.80. The van der Waals surface area contributed by atoms with Crippen LogP contribution in [0.25, 0.3) is 0 Å². The summed E-state index contributed by atoms with van der Waals surface area (Å²) >= 11 is 0. The van der Waals surface area contributed by atoms with Gasteiger partial charge in [0.2, 0.25) is 5.95 Å². The number of hydrogen-bond donors (Lipinski definition) is 1. The number of fused-ring (bicyclic) bond motifs is 1. The van der Waals surface area contributed by atoms with Crippen LogP contribution in [0.15, 0.2) is 54.7 Å². The molecule has 0 fully saturated rings. The van der Waals surface area contributed by atoms with Crippen LogP contribution in [0.1, 0.15) is 28.8 Å². The molecule has 1 aliphatic heterocycles. The van der Waals surface area contributed by atoms with E-state index < -0.39 is 29.6 Å². The summed E-state index contributed by atoms with van der Waals surface area (Å²) < 4.78 is 75.0. The Labute approximate surface area is 247 Å². The van der Waals surface area contributed by atoms with Crippen molar-refractivity contribution < 1.29 is 26.3 Å². The van der Waals surface area contributed by atoms with Gasteiger partial charge in [-0.15, -0.1) is 0 Å². The quantitative estimate of drug-likeness (QED) is 0.216. The van der Waals surface area contributed by atoms with E-state index in [9.17, 15) is 21.6 Å². The number of hydrogen-bond acceptors (Lipinski definition) is 6. The van der Waals surface area contributed by atoms with E-state index in [4.69, 9.17) is 10.5 Å². The third kappa shape index (κ3) is 7.74. The molecule has 1 unspecified atom stereocenters. The third-order valence-electron chi connectivity index (χ3n) is 7.54. The number of aromatic nitrogens is 2. The van der Waals surface area contributed by atoms with Crippen molar-refractivity contribution in [2.24, 2.45) is 0 Å². The molecule has 42 heavy (non-hydrogen) atoms. The first kappa shape index (κ1) is 32.0. The van der Waals surface area contributed by atoms with Crippen molar-refractivity contribution in [3.63, 3.8) is 0 Å². The van der Waals surface area contributed by atoms with Gasteiger partial charge < -0.3 is 15.4 Å². The molecule has 1 aromatic heterocycles. The summed E-state index contributed by atoms with van der Waals surface area (Å²) in [5.41, 5.74) is 4.37. The predicted octanol–water partition coefficient (Wildman–Crippen LogP) is 5.76. The summed E-state index contributed by atoms with van der Waals surface area (Å²) in [4.78, 5) is 6.52. The highest BCUT2D eigenvalue weighted by molar-refractivity contribution is 7.89. The Morgan fingerprint density at radius 3 is 2.48 bits per heavy atom. The Morgan fingerprint density at radius 1 is 1.10 bits per heavy atom. The van der Waals surface area contributed by atoms with Crippen LogP contribution in [0.2, 0.25) is 25.7 Å². The summed E-state index contributed by atoms with van der Waals surface area (Å²) in [5, 5.41) is 0. The maximum atomic E-state index is 13.8. The van der Waals surface area contributed by atoms with Gasteiger partial charge in [0.25, 0.3) is 0 Å². The number of nitrogens with zero attached hydrogens (tertiary/aromatic N) is 4. The van der Waals surface area contributed by atoms with Gasteiger partial charge in [-0.2, -0.15) is 17.5 Å². The Morgan fingerprint density at radius 2 is 1.81 bits per heavy atom. The minimum atomic E-state index is -5.57. The normalized spacial score (nSPS) is 16.8. The first-order valence-electron chi connectivity index (χ1n) is 14.0. The van der Waals surface area contributed by atoms with E-state index in [2.05, 4.69) is 24.6 Å². The fraction of sp³-hybridized carbons (Fsp3) is 0.483. The highest BCUT2D eigenvalue weighted by Crippen LogP contribution is 2.37. The minimum absolute atomic E-state index is 0.238. The summed E-state index contributed by atoms with van der Waals surface area (Å²) in [7, 11) is -6.82. The van der Waals surface area contributed by atoms with E-state index in [1.807, 2.05) is 47.4 Å². The van der Waals surface area contributed by atoms with Crippen molar-refractivity contribution >= 4 is 29.7 Å². The second-order valence-electron chi connectivity index (χ2n) is 12.0. The summed E-state index contributed by atoms with van der Waals surface area (Å²) in [6, 6.07) is 15.5. The largest absolute Gasteiger partial charge is 0.511 e. The Hall–Kier alpha value is -2.87. The number of halogens is 3. The number of benzene rings is 2. The van der Waals surface area contributed by atoms with Crippen LogP contribution in [0.5, 0.6) is 0 Å². The lowest BCUT2D eigenvalue weighted by atomic mass is 10.0. The van der Waals surface area contributed by atoms with Crippen molar-refractivity contribution in [1.82, 2.24) is 13.9 Å². The molecule has 0 spiro atoms. The maximum absolute atomic E-state index is 13.8. The molecule has 1 aliphatic rings. The van der Waals surface area contributed by atoms with E-state index in [0.29, 0.717) is 46.3 Å². The maximum Gasteiger partial charge on any atom is 0.511 e. The number of imidazole rings is 1. The molecule has 0 aliphatic carbocycles. The molecule has 13 heteroatoms. The molecule has 230 valence electrons. The molecule has 2 aromatic carbocycles. The summed E-state index contributed by atoms with van der Waals surface area (Å²) in [5.74, 6) is 0.277. The van der Waals surface area contributed by atoms with Gasteiger partial charge in [-0.3, -0.25) is 4.57 Å². The van der Waals surface area contributed by atoms with Crippen molar-refractivity contribution in [1.29, 1.82) is 0 Å². The minimum Gasteiger partial charge on any atom is -0.369 e. The molecule has 0 radical (unpaired) electrons. The summed E-state index contributed by atoms with van der Waals surface area (Å²) in [6.45, 7) is 9.01. The van der Waals surface area contributed by atoms with Gasteiger partial charge in [0.1, 0.15) is 6.73 Å². The molecule has 2 N–H and O–H groups in total. The molecule has 3 aromatic rings. The average Bonchev–Trinajstić information content (AvgIpc) is 3.16. The van der Waals surface area contributed by atoms with Crippen molar-refractivity contribution in [2.75, 3.05) is 23.8 Å². The molecule has 8 nitrogen and oxygen atoms in total. The van der Waals surface area contributed by atoms with Crippen molar-refractivity contribution in [3.8, 4) is 0 Å². The van der Waals surface area contributed by atoms with E-state index in [1.165, 1.54) is 0 Å². The standard InChI is InChI=1S/C29H40F3N5O3SSi/c1-22-9-8-12-27-26(22)20-36(41(38,39)29(30,31)32)19-25(14-13-23-10-6-5-7-11-23)37(27)18-24-17-35(28(33)34-24)21-40-15-16-42(2,3)4/h5-12,17,25H,13-16,18-21H2,1-4H3,(H2,33,34). The Balaban J connectivity index is 1.67. The van der Waals surface area contributed by atoms with E-state index >= 15 is 0 Å². The van der Waals surface area contributed by atoms with E-state index in [1.54, 1.807) is 23.8 Å². The zero-order valence-corrected chi connectivity index (χ0v) is 26.4. The fourth-order valence-electron chi connectivity index (χ4n) is 5.08. The van der Waals surface area contributed by atoms with Crippen LogP contribution in [-0.2, 0) is 41.0 Å². The van der Waals surface area contributed by atoms with E-state index in [-0.39, 0.29) is 32.3 Å². The number of alkyl halides is 3. The summed E-state index contributed by atoms with van der Waals surface area (Å²) in [6.07, 6.45) is 2.78. The molecule has 0 amide bonds. The highest BCUT2D eigenvalue weighted by Gasteiger charge is 2.51. The number of rotatable bonds is 11. The highest BCUT2D eigenvalue weighted by atomic mass is 32.2. The molecule has 4 rings (SSSR count). The second kappa shape index (κ2) is 12.8. The molecule has 1 atom stereocenters. The first-order chi connectivity index (χ1) is 19.7. The first-order valence-corrected chi connectivity index (χ1v) is 19.1. The molecule has 0 bridgehead atoms. The Bertz CT molecular complexity index is 1460. The third-order valence-corrected chi connectivity index (χ3v) is 10.8. The topological polar surface area (TPSA) is 93.7 Å². The van der Waals surface area contributed by atoms with E-state index in [0.717, 1.165) is 11.6 Å². The van der Waals surface area contributed by atoms with Crippen molar-refractivity contribution in [3.05, 3.63) is 77.1 Å².